The minimum atomic E-state index is -4.46. The molecule has 0 amide bonds. The Hall–Kier alpha value is -3.58. The molecule has 2 heterocycles. The highest BCUT2D eigenvalue weighted by molar-refractivity contribution is 7.90. The Labute approximate surface area is 222 Å². The van der Waals surface area contributed by atoms with E-state index in [1.165, 1.54) is 30.6 Å². The van der Waals surface area contributed by atoms with Gasteiger partial charge in [0.15, 0.2) is 27.2 Å². The average Bonchev–Trinajstić information content (AvgIpc) is 2.87. The molecule has 1 aliphatic heterocycles. The van der Waals surface area contributed by atoms with Gasteiger partial charge in [0, 0.05) is 24.9 Å². The van der Waals surface area contributed by atoms with E-state index in [0.717, 1.165) is 24.5 Å². The van der Waals surface area contributed by atoms with Crippen LogP contribution < -0.4 is 9.47 Å². The van der Waals surface area contributed by atoms with Crippen LogP contribution >= 0.6 is 0 Å². The van der Waals surface area contributed by atoms with Crippen LogP contribution in [0, 0.1) is 12.7 Å². The van der Waals surface area contributed by atoms with E-state index in [4.69, 9.17) is 9.47 Å². The first-order valence-corrected chi connectivity index (χ1v) is 13.8. The summed E-state index contributed by atoms with van der Waals surface area (Å²) in [6.45, 7) is 2.78. The quantitative estimate of drug-likeness (QED) is 0.281. The number of alkyl halides is 3. The molecule has 4 rings (SSSR count). The number of piperidine rings is 1. The summed E-state index contributed by atoms with van der Waals surface area (Å²) in [5, 5.41) is 0. The molecule has 1 saturated heterocycles. The third-order valence-electron chi connectivity index (χ3n) is 6.24. The predicted octanol–water partition coefficient (Wildman–Crippen LogP) is 4.86. The number of ether oxygens (including phenoxy) is 2. The van der Waals surface area contributed by atoms with E-state index >= 15 is 0 Å². The lowest BCUT2D eigenvalue weighted by atomic mass is 10.0. The van der Waals surface area contributed by atoms with Gasteiger partial charge in [0.1, 0.15) is 12.4 Å². The molecule has 0 bridgehead atoms. The zero-order valence-corrected chi connectivity index (χ0v) is 21.9. The number of likely N-dealkylation sites (tertiary alicyclic amines) is 1. The first kappa shape index (κ1) is 28.4. The number of carbonyl (C=O) groups excluding carboxylic acids is 1. The first-order valence-electron chi connectivity index (χ1n) is 11.9. The first-order chi connectivity index (χ1) is 18.3. The van der Waals surface area contributed by atoms with E-state index in [1.54, 1.807) is 6.92 Å². The summed E-state index contributed by atoms with van der Waals surface area (Å²) in [6.07, 6.45) is -1.36. The number of rotatable bonds is 8. The highest BCUT2D eigenvalue weighted by Crippen LogP contribution is 2.32. The highest BCUT2D eigenvalue weighted by Gasteiger charge is 2.30. The lowest BCUT2D eigenvalue weighted by molar-refractivity contribution is -0.137. The fraction of sp³-hybridized carbons (Fsp3) is 0.346. The van der Waals surface area contributed by atoms with Crippen LogP contribution in [0.5, 0.6) is 17.5 Å². The van der Waals surface area contributed by atoms with Gasteiger partial charge in [0.05, 0.1) is 22.6 Å². The second-order valence-corrected chi connectivity index (χ2v) is 11.2. The van der Waals surface area contributed by atoms with E-state index in [-0.39, 0.29) is 46.4 Å². The van der Waals surface area contributed by atoms with Crippen molar-refractivity contribution in [2.24, 2.45) is 0 Å². The van der Waals surface area contributed by atoms with Gasteiger partial charge >= 0.3 is 6.18 Å². The molecule has 1 aromatic heterocycles. The average molecular weight is 568 g/mol. The summed E-state index contributed by atoms with van der Waals surface area (Å²) in [6, 6.07) is 7.47. The normalized spacial score (nSPS) is 15.2. The Morgan fingerprint density at radius 3 is 2.28 bits per heavy atom. The largest absolute Gasteiger partial charge is 0.474 e. The van der Waals surface area contributed by atoms with E-state index in [1.807, 2.05) is 4.90 Å². The second-order valence-electron chi connectivity index (χ2n) is 9.17. The maximum Gasteiger partial charge on any atom is 0.416 e. The topological polar surface area (TPSA) is 98.7 Å². The van der Waals surface area contributed by atoms with Gasteiger partial charge in [-0.2, -0.15) is 13.2 Å². The fourth-order valence-corrected chi connectivity index (χ4v) is 4.66. The minimum Gasteiger partial charge on any atom is -0.474 e. The van der Waals surface area contributed by atoms with Gasteiger partial charge < -0.3 is 9.47 Å². The third-order valence-corrected chi connectivity index (χ3v) is 7.35. The summed E-state index contributed by atoms with van der Waals surface area (Å²) >= 11 is 0. The van der Waals surface area contributed by atoms with Gasteiger partial charge in [-0.1, -0.05) is 12.1 Å². The number of aromatic nitrogens is 2. The minimum absolute atomic E-state index is 0.0468. The maximum atomic E-state index is 14.4. The third kappa shape index (κ3) is 7.09. The summed E-state index contributed by atoms with van der Waals surface area (Å²) in [4.78, 5) is 22.4. The van der Waals surface area contributed by atoms with Gasteiger partial charge in [-0.15, -0.1) is 0 Å². The Bertz CT molecular complexity index is 1460. The molecule has 1 fully saturated rings. The zero-order chi connectivity index (χ0) is 28.4. The van der Waals surface area contributed by atoms with E-state index < -0.39 is 27.4 Å². The Kier molecular flexibility index (Phi) is 8.21. The fourth-order valence-electron chi connectivity index (χ4n) is 4.02. The molecule has 3 aromatic rings. The molecule has 2 aromatic carbocycles. The highest BCUT2D eigenvalue weighted by atomic mass is 32.2. The maximum absolute atomic E-state index is 14.4. The number of sulfone groups is 1. The molecule has 0 saturated carbocycles. The standard InChI is InChI=1S/C26H25F4N3O5S/c1-16-24(31-15-32-25(16)38-23-8-7-20(13-21(23)27)39(2,35)36)37-19-9-11-33(12-10-19)14-22(34)17-3-5-18(6-4-17)26(28,29)30/h3-8,13,15,19H,9-12,14H2,1-2H3. The van der Waals surface area contributed by atoms with Crippen molar-refractivity contribution < 1.29 is 40.2 Å². The number of Topliss-reactive ketones (excluding diaryl/α,β-unsaturated/α-hetero) is 1. The Morgan fingerprint density at radius 1 is 1.05 bits per heavy atom. The van der Waals surface area contributed by atoms with Gasteiger partial charge in [-0.05, 0) is 50.1 Å². The van der Waals surface area contributed by atoms with E-state index in [9.17, 15) is 30.8 Å². The van der Waals surface area contributed by atoms with Crippen LogP contribution in [0.4, 0.5) is 17.6 Å². The Balaban J connectivity index is 1.33. The van der Waals surface area contributed by atoms with Crippen molar-refractivity contribution in [2.45, 2.75) is 36.9 Å². The van der Waals surface area contributed by atoms with Crippen LogP contribution in [0.2, 0.25) is 0 Å². The summed E-state index contributed by atoms with van der Waals surface area (Å²) in [5.41, 5.74) is -0.169. The van der Waals surface area contributed by atoms with Crippen LogP contribution in [-0.2, 0) is 16.0 Å². The smallest absolute Gasteiger partial charge is 0.416 e. The van der Waals surface area contributed by atoms with Crippen LogP contribution in [-0.4, -0.2) is 61.1 Å². The molecule has 0 atom stereocenters. The van der Waals surface area contributed by atoms with Crippen molar-refractivity contribution >= 4 is 15.6 Å². The summed E-state index contributed by atoms with van der Waals surface area (Å²) < 4.78 is 87.5. The predicted molar refractivity (Wildman–Crippen MR) is 132 cm³/mol. The SMILES string of the molecule is Cc1c(Oc2ccc(S(C)(=O)=O)cc2F)ncnc1OC1CCN(CC(=O)c2ccc(C(F)(F)F)cc2)CC1. The number of carbonyl (C=O) groups is 1. The molecule has 0 aliphatic carbocycles. The van der Waals surface area contributed by atoms with Gasteiger partial charge in [0.2, 0.25) is 11.8 Å². The number of hydrogen-bond acceptors (Lipinski definition) is 8. The lowest BCUT2D eigenvalue weighted by Crippen LogP contribution is -2.41. The summed E-state index contributed by atoms with van der Waals surface area (Å²) in [7, 11) is -3.58. The Morgan fingerprint density at radius 2 is 1.69 bits per heavy atom. The van der Waals surface area contributed by atoms with Crippen LogP contribution in [0.15, 0.2) is 53.7 Å². The molecule has 0 spiro atoms. The number of nitrogens with zero attached hydrogens (tertiary/aromatic N) is 3. The number of benzene rings is 2. The van der Waals surface area contributed by atoms with Crippen molar-refractivity contribution in [3.05, 3.63) is 71.3 Å². The van der Waals surface area contributed by atoms with Crippen molar-refractivity contribution in [3.63, 3.8) is 0 Å². The molecular formula is C26H25F4N3O5S. The van der Waals surface area contributed by atoms with Crippen molar-refractivity contribution in [3.8, 4) is 17.5 Å². The molecule has 0 radical (unpaired) electrons. The van der Waals surface area contributed by atoms with Gasteiger partial charge in [-0.25, -0.2) is 22.8 Å². The van der Waals surface area contributed by atoms with Gasteiger partial charge in [-0.3, -0.25) is 9.69 Å². The molecule has 13 heteroatoms. The van der Waals surface area contributed by atoms with E-state index in [0.29, 0.717) is 31.5 Å². The van der Waals surface area contributed by atoms with Crippen LogP contribution in [0.1, 0.15) is 34.3 Å². The second kappa shape index (κ2) is 11.3. The summed E-state index contributed by atoms with van der Waals surface area (Å²) in [5.74, 6) is -1.05. The number of hydrogen-bond donors (Lipinski definition) is 0. The zero-order valence-electron chi connectivity index (χ0n) is 21.0. The van der Waals surface area contributed by atoms with Crippen molar-refractivity contribution in [2.75, 3.05) is 25.9 Å². The molecule has 1 aliphatic rings. The van der Waals surface area contributed by atoms with Crippen molar-refractivity contribution in [1.29, 1.82) is 0 Å². The monoisotopic (exact) mass is 567 g/mol. The number of halogens is 4. The molecule has 39 heavy (non-hydrogen) atoms. The van der Waals surface area contributed by atoms with Crippen LogP contribution in [0.3, 0.4) is 0 Å². The molecule has 208 valence electrons. The van der Waals surface area contributed by atoms with Crippen molar-refractivity contribution in [1.82, 2.24) is 14.9 Å². The molecule has 0 N–H and O–H groups in total. The lowest BCUT2D eigenvalue weighted by Gasteiger charge is -2.31. The molecule has 8 nitrogen and oxygen atoms in total. The van der Waals surface area contributed by atoms with Gasteiger partial charge in [0.25, 0.3) is 0 Å². The van der Waals surface area contributed by atoms with Crippen LogP contribution in [0.25, 0.3) is 0 Å². The molecule has 0 unspecified atom stereocenters. The number of ketones is 1. The van der Waals surface area contributed by atoms with E-state index in [2.05, 4.69) is 9.97 Å². The molecular weight excluding hydrogens is 542 g/mol.